The molecule has 1 aromatic carbocycles. The largest absolute Gasteiger partial charge is 0.369 e. The molecule has 172 valence electrons. The maximum Gasteiger partial charge on any atom is 0.275 e. The highest BCUT2D eigenvalue weighted by Gasteiger charge is 2.27. The Morgan fingerprint density at radius 3 is 2.70 bits per heavy atom. The lowest BCUT2D eigenvalue weighted by Crippen LogP contribution is -2.44. The molecule has 1 aliphatic heterocycles. The van der Waals surface area contributed by atoms with Gasteiger partial charge in [0, 0.05) is 39.9 Å². The monoisotopic (exact) mass is 446 g/mol. The molecule has 1 unspecified atom stereocenters. The van der Waals surface area contributed by atoms with E-state index in [2.05, 4.69) is 27.5 Å². The minimum absolute atomic E-state index is 0.0109. The van der Waals surface area contributed by atoms with E-state index in [0.29, 0.717) is 30.7 Å². The van der Waals surface area contributed by atoms with Crippen LogP contribution in [0.4, 0.5) is 0 Å². The van der Waals surface area contributed by atoms with E-state index >= 15 is 0 Å². The predicted molar refractivity (Wildman–Crippen MR) is 127 cm³/mol. The number of nitrogens with zero attached hydrogens (tertiary/aromatic N) is 5. The van der Waals surface area contributed by atoms with Crippen LogP contribution in [0.25, 0.3) is 11.0 Å². The van der Waals surface area contributed by atoms with E-state index in [1.54, 1.807) is 22.8 Å². The van der Waals surface area contributed by atoms with Crippen LogP contribution < -0.4 is 5.32 Å². The van der Waals surface area contributed by atoms with Crippen molar-refractivity contribution in [3.05, 3.63) is 72.2 Å². The third kappa shape index (κ3) is 4.89. The molecule has 2 atom stereocenters. The van der Waals surface area contributed by atoms with Gasteiger partial charge in [-0.2, -0.15) is 5.10 Å². The van der Waals surface area contributed by atoms with Gasteiger partial charge in [0.15, 0.2) is 11.3 Å². The summed E-state index contributed by atoms with van der Waals surface area (Å²) in [4.78, 5) is 34.1. The fourth-order valence-corrected chi connectivity index (χ4v) is 4.30. The first kappa shape index (κ1) is 22.5. The number of carbonyl (C=O) groups excluding carboxylic acids is 2. The lowest BCUT2D eigenvalue weighted by molar-refractivity contribution is -0.124. The maximum absolute atomic E-state index is 13.5. The van der Waals surface area contributed by atoms with Gasteiger partial charge in [-0.1, -0.05) is 36.4 Å². The molecule has 0 fully saturated rings. The van der Waals surface area contributed by atoms with Crippen molar-refractivity contribution in [3.63, 3.8) is 0 Å². The molecule has 0 bridgehead atoms. The lowest BCUT2D eigenvalue weighted by atomic mass is 10.0. The highest BCUT2D eigenvalue weighted by atomic mass is 16.2. The Kier molecular flexibility index (Phi) is 6.72. The van der Waals surface area contributed by atoms with Gasteiger partial charge in [-0.05, 0) is 43.2 Å². The number of hydrogen-bond donors (Lipinski definition) is 1. The number of aryl methyl sites for hydroxylation is 1. The SMILES string of the molecule is CN1C=CCC1C(=O)NCC[C@H](Cc1ccccc1)N(C)C(=O)c1nn(C)c2ncccc12. The Morgan fingerprint density at radius 1 is 1.18 bits per heavy atom. The Bertz CT molecular complexity index is 1160. The van der Waals surface area contributed by atoms with Gasteiger partial charge in [-0.25, -0.2) is 9.67 Å². The Morgan fingerprint density at radius 2 is 1.97 bits per heavy atom. The second kappa shape index (κ2) is 9.85. The summed E-state index contributed by atoms with van der Waals surface area (Å²) in [5, 5.41) is 8.24. The van der Waals surface area contributed by atoms with Crippen LogP contribution in [0.3, 0.4) is 0 Å². The number of nitrogens with one attached hydrogen (secondary N) is 1. The summed E-state index contributed by atoms with van der Waals surface area (Å²) in [5.74, 6) is -0.141. The number of likely N-dealkylation sites (N-methyl/N-ethyl adjacent to an activating group) is 2. The molecule has 0 radical (unpaired) electrons. The summed E-state index contributed by atoms with van der Waals surface area (Å²) in [5.41, 5.74) is 2.21. The highest BCUT2D eigenvalue weighted by Crippen LogP contribution is 2.20. The van der Waals surface area contributed by atoms with Crippen LogP contribution in [0.5, 0.6) is 0 Å². The molecule has 8 heteroatoms. The highest BCUT2D eigenvalue weighted by molar-refractivity contribution is 6.04. The zero-order valence-corrected chi connectivity index (χ0v) is 19.3. The van der Waals surface area contributed by atoms with Crippen molar-refractivity contribution in [3.8, 4) is 0 Å². The average molecular weight is 447 g/mol. The number of aromatic nitrogens is 3. The molecule has 0 spiro atoms. The molecule has 3 aromatic rings. The lowest BCUT2D eigenvalue weighted by Gasteiger charge is -2.29. The number of hydrogen-bond acceptors (Lipinski definition) is 5. The average Bonchev–Trinajstić information content (AvgIpc) is 3.41. The Balaban J connectivity index is 1.49. The van der Waals surface area contributed by atoms with Crippen molar-refractivity contribution in [2.24, 2.45) is 7.05 Å². The van der Waals surface area contributed by atoms with Crippen molar-refractivity contribution < 1.29 is 9.59 Å². The molecule has 4 rings (SSSR count). The van der Waals surface area contributed by atoms with E-state index in [1.807, 2.05) is 61.6 Å². The minimum Gasteiger partial charge on any atom is -0.369 e. The molecule has 1 N–H and O–H groups in total. The number of benzene rings is 1. The summed E-state index contributed by atoms with van der Waals surface area (Å²) in [6.07, 6.45) is 7.67. The minimum atomic E-state index is -0.163. The molecular formula is C25H30N6O2. The van der Waals surface area contributed by atoms with E-state index in [-0.39, 0.29) is 23.9 Å². The van der Waals surface area contributed by atoms with Gasteiger partial charge in [0.1, 0.15) is 6.04 Å². The quantitative estimate of drug-likeness (QED) is 0.574. The zero-order chi connectivity index (χ0) is 23.4. The van der Waals surface area contributed by atoms with Crippen LogP contribution in [0, 0.1) is 0 Å². The molecule has 33 heavy (non-hydrogen) atoms. The Labute approximate surface area is 193 Å². The van der Waals surface area contributed by atoms with Crippen molar-refractivity contribution in [2.45, 2.75) is 31.3 Å². The van der Waals surface area contributed by atoms with Crippen LogP contribution >= 0.6 is 0 Å². The summed E-state index contributed by atoms with van der Waals surface area (Å²) >= 11 is 0. The van der Waals surface area contributed by atoms with Crippen LogP contribution in [-0.2, 0) is 18.3 Å². The van der Waals surface area contributed by atoms with Gasteiger partial charge in [0.25, 0.3) is 5.91 Å². The van der Waals surface area contributed by atoms with Crippen LogP contribution in [0.2, 0.25) is 0 Å². The van der Waals surface area contributed by atoms with Gasteiger partial charge >= 0.3 is 0 Å². The Hall–Kier alpha value is -3.68. The van der Waals surface area contributed by atoms with Gasteiger partial charge in [-0.15, -0.1) is 0 Å². The third-order valence-corrected chi connectivity index (χ3v) is 6.25. The van der Waals surface area contributed by atoms with E-state index in [4.69, 9.17) is 0 Å². The molecule has 2 aromatic heterocycles. The third-order valence-electron chi connectivity index (χ3n) is 6.25. The summed E-state index contributed by atoms with van der Waals surface area (Å²) in [6.45, 7) is 0.489. The molecule has 0 saturated heterocycles. The topological polar surface area (TPSA) is 83.4 Å². The molecule has 3 heterocycles. The van der Waals surface area contributed by atoms with E-state index in [9.17, 15) is 9.59 Å². The van der Waals surface area contributed by atoms with E-state index in [0.717, 1.165) is 17.4 Å². The van der Waals surface area contributed by atoms with E-state index in [1.165, 1.54) is 0 Å². The maximum atomic E-state index is 13.5. The van der Waals surface area contributed by atoms with Crippen molar-refractivity contribution in [1.82, 2.24) is 29.9 Å². The molecule has 2 amide bonds. The van der Waals surface area contributed by atoms with Crippen molar-refractivity contribution in [2.75, 3.05) is 20.6 Å². The van der Waals surface area contributed by atoms with Crippen LogP contribution in [0.1, 0.15) is 28.9 Å². The number of amides is 2. The first-order valence-electron chi connectivity index (χ1n) is 11.2. The summed E-state index contributed by atoms with van der Waals surface area (Å²) in [6, 6.07) is 13.5. The van der Waals surface area contributed by atoms with Crippen molar-refractivity contribution >= 4 is 22.8 Å². The first-order chi connectivity index (χ1) is 16.0. The van der Waals surface area contributed by atoms with Gasteiger partial charge in [0.2, 0.25) is 5.91 Å². The van der Waals surface area contributed by atoms with Crippen molar-refractivity contribution in [1.29, 1.82) is 0 Å². The fraction of sp³-hybridized carbons (Fsp3) is 0.360. The van der Waals surface area contributed by atoms with Crippen LogP contribution in [-0.4, -0.2) is 69.1 Å². The predicted octanol–water partition coefficient (Wildman–Crippen LogP) is 2.38. The van der Waals surface area contributed by atoms with Gasteiger partial charge in [-0.3, -0.25) is 9.59 Å². The number of pyridine rings is 1. The number of rotatable bonds is 8. The zero-order valence-electron chi connectivity index (χ0n) is 19.3. The van der Waals surface area contributed by atoms with E-state index < -0.39 is 0 Å². The van der Waals surface area contributed by atoms with Gasteiger partial charge in [0.05, 0.1) is 5.39 Å². The van der Waals surface area contributed by atoms with Gasteiger partial charge < -0.3 is 15.1 Å². The molecule has 0 aliphatic carbocycles. The standard InChI is InChI=1S/C25H30N6O2/c1-29-16-8-12-21(29)24(32)27-15-13-19(17-18-9-5-4-6-10-18)30(2)25(33)22-20-11-7-14-26-23(20)31(3)28-22/h4-11,14,16,19,21H,12-13,15,17H2,1-3H3,(H,27,32)/t19-,21?/m1/s1. The normalized spacial score (nSPS) is 16.2. The van der Waals surface area contributed by atoms with Crippen LogP contribution in [0.15, 0.2) is 60.9 Å². The molecule has 8 nitrogen and oxygen atoms in total. The second-order valence-electron chi connectivity index (χ2n) is 8.49. The summed E-state index contributed by atoms with van der Waals surface area (Å²) in [7, 11) is 5.51. The molecule has 1 aliphatic rings. The summed E-state index contributed by atoms with van der Waals surface area (Å²) < 4.78 is 1.63. The fourth-order valence-electron chi connectivity index (χ4n) is 4.30. The number of fused-ring (bicyclic) bond motifs is 1. The second-order valence-corrected chi connectivity index (χ2v) is 8.49. The smallest absolute Gasteiger partial charge is 0.275 e. The molecule has 0 saturated carbocycles. The molecular weight excluding hydrogens is 416 g/mol. The number of carbonyl (C=O) groups is 2. The first-order valence-corrected chi connectivity index (χ1v) is 11.2.